The van der Waals surface area contributed by atoms with Crippen molar-refractivity contribution < 1.29 is 4.79 Å². The molecule has 0 bridgehead atoms. The summed E-state index contributed by atoms with van der Waals surface area (Å²) in [4.78, 5) is 11.4. The number of allylic oxidation sites excluding steroid dienone is 1. The van der Waals surface area contributed by atoms with E-state index < -0.39 is 0 Å². The summed E-state index contributed by atoms with van der Waals surface area (Å²) in [5.74, 6) is 0.427. The van der Waals surface area contributed by atoms with Gasteiger partial charge in [-0.25, -0.2) is 0 Å². The number of ketones is 1. The third-order valence-corrected chi connectivity index (χ3v) is 2.68. The van der Waals surface area contributed by atoms with E-state index in [0.29, 0.717) is 5.75 Å². The van der Waals surface area contributed by atoms with Crippen molar-refractivity contribution in [3.05, 3.63) is 41.0 Å². The van der Waals surface area contributed by atoms with Crippen LogP contribution < -0.4 is 0 Å². The van der Waals surface area contributed by atoms with Gasteiger partial charge in [0.15, 0.2) is 5.78 Å². The Labute approximate surface area is 89.2 Å². The van der Waals surface area contributed by atoms with Crippen molar-refractivity contribution in [2.45, 2.75) is 12.8 Å². The zero-order chi connectivity index (χ0) is 9.97. The average molecular weight is 202 g/mol. The van der Waals surface area contributed by atoms with E-state index in [1.54, 1.807) is 0 Å². The van der Waals surface area contributed by atoms with Gasteiger partial charge < -0.3 is 0 Å². The van der Waals surface area contributed by atoms with E-state index in [1.165, 1.54) is 0 Å². The molecule has 70 valence electrons. The molecule has 0 fully saturated rings. The molecular formula is C12H10OS. The quantitative estimate of drug-likeness (QED) is 0.727. The Balaban J connectivity index is 2.36. The highest BCUT2D eigenvalue weighted by atomic mass is 32.1. The maximum Gasteiger partial charge on any atom is 0.168 e. The Morgan fingerprint density at radius 1 is 1.50 bits per heavy atom. The molecule has 0 aliphatic heterocycles. The summed E-state index contributed by atoms with van der Waals surface area (Å²) in [7, 11) is 0. The van der Waals surface area contributed by atoms with Crippen molar-refractivity contribution in [3.63, 3.8) is 0 Å². The van der Waals surface area contributed by atoms with Crippen molar-refractivity contribution >= 4 is 24.5 Å². The summed E-state index contributed by atoms with van der Waals surface area (Å²) in [5, 5.41) is 0. The Morgan fingerprint density at radius 2 is 2.36 bits per heavy atom. The average Bonchev–Trinajstić information content (AvgIpc) is 2.27. The van der Waals surface area contributed by atoms with E-state index in [-0.39, 0.29) is 5.78 Å². The number of fused-ring (bicyclic) bond motifs is 1. The van der Waals surface area contributed by atoms with Gasteiger partial charge in [-0.1, -0.05) is 12.1 Å². The fraction of sp³-hybridized carbons (Fsp3) is 0.250. The number of Topliss-reactive ketones (excluding diaryl/α,β-unsaturated/α-hetero) is 1. The zero-order valence-electron chi connectivity index (χ0n) is 7.71. The molecule has 0 heterocycles. The predicted octanol–water partition coefficient (Wildman–Crippen LogP) is 2.12. The van der Waals surface area contributed by atoms with E-state index in [0.717, 1.165) is 29.5 Å². The van der Waals surface area contributed by atoms with Gasteiger partial charge in [0.05, 0.1) is 5.75 Å². The molecule has 0 aromatic heterocycles. The smallest absolute Gasteiger partial charge is 0.168 e. The van der Waals surface area contributed by atoms with Crippen molar-refractivity contribution in [3.8, 4) is 0 Å². The molecule has 0 amide bonds. The molecule has 0 unspecified atom stereocenters. The van der Waals surface area contributed by atoms with E-state index in [2.05, 4.69) is 24.8 Å². The number of carbonyl (C=O) groups excluding carboxylic acids is 1. The number of carbonyl (C=O) groups is 1. The molecule has 0 atom stereocenters. The summed E-state index contributed by atoms with van der Waals surface area (Å²) in [5.41, 5.74) is 3.13. The van der Waals surface area contributed by atoms with Gasteiger partial charge in [-0.2, -0.15) is 12.6 Å². The molecular weight excluding hydrogens is 192 g/mol. The molecule has 1 aromatic rings. The van der Waals surface area contributed by atoms with Crippen LogP contribution in [0.5, 0.6) is 0 Å². The van der Waals surface area contributed by atoms with Gasteiger partial charge in [-0.15, -0.1) is 0 Å². The summed E-state index contributed by atoms with van der Waals surface area (Å²) in [6.07, 6.45) is 3.64. The highest BCUT2D eigenvalue weighted by Crippen LogP contribution is 2.22. The Hall–Kier alpha value is -1.20. The Kier molecular flexibility index (Phi) is 2.60. The zero-order valence-corrected chi connectivity index (χ0v) is 8.60. The highest BCUT2D eigenvalue weighted by Gasteiger charge is 2.14. The SMILES string of the molecule is O=C(CS)C1=Cc2ccc#cc2CC1. The predicted molar refractivity (Wildman–Crippen MR) is 59.3 cm³/mol. The van der Waals surface area contributed by atoms with Crippen LogP contribution in [0.4, 0.5) is 0 Å². The monoisotopic (exact) mass is 202 g/mol. The minimum atomic E-state index is 0.131. The van der Waals surface area contributed by atoms with Crippen LogP contribution in [0.25, 0.3) is 6.08 Å². The van der Waals surface area contributed by atoms with Crippen LogP contribution in [-0.4, -0.2) is 11.5 Å². The highest BCUT2D eigenvalue weighted by molar-refractivity contribution is 7.81. The van der Waals surface area contributed by atoms with Gasteiger partial charge in [0.2, 0.25) is 0 Å². The van der Waals surface area contributed by atoms with Gasteiger partial charge in [0.25, 0.3) is 0 Å². The lowest BCUT2D eigenvalue weighted by Gasteiger charge is -2.12. The summed E-state index contributed by atoms with van der Waals surface area (Å²) >= 11 is 3.99. The maximum absolute atomic E-state index is 11.4. The van der Waals surface area contributed by atoms with Crippen LogP contribution in [0.1, 0.15) is 17.5 Å². The summed E-state index contributed by atoms with van der Waals surface area (Å²) < 4.78 is 0. The molecule has 2 heteroatoms. The molecule has 1 nitrogen and oxygen atoms in total. The second-order valence-electron chi connectivity index (χ2n) is 3.29. The molecule has 0 radical (unpaired) electrons. The first kappa shape index (κ1) is 9.36. The second-order valence-corrected chi connectivity index (χ2v) is 3.60. The van der Waals surface area contributed by atoms with Crippen molar-refractivity contribution in [1.29, 1.82) is 0 Å². The fourth-order valence-corrected chi connectivity index (χ4v) is 1.82. The van der Waals surface area contributed by atoms with Gasteiger partial charge in [0, 0.05) is 5.56 Å². The van der Waals surface area contributed by atoms with Crippen LogP contribution in [0.15, 0.2) is 17.7 Å². The maximum atomic E-state index is 11.4. The van der Waals surface area contributed by atoms with E-state index in [9.17, 15) is 4.79 Å². The first-order valence-corrected chi connectivity index (χ1v) is 5.20. The standard InChI is InChI=1S/C12H10OS/c13-12(8-14)11-6-5-9-3-1-2-4-10(9)7-11/h2,4,7,14H,5-6,8H2. The van der Waals surface area contributed by atoms with Gasteiger partial charge in [-0.3, -0.25) is 4.79 Å². The number of hydrogen-bond donors (Lipinski definition) is 1. The molecule has 0 spiro atoms. The van der Waals surface area contributed by atoms with E-state index in [1.807, 2.05) is 18.2 Å². The van der Waals surface area contributed by atoms with Crippen LogP contribution in [0.2, 0.25) is 0 Å². The van der Waals surface area contributed by atoms with Gasteiger partial charge in [-0.05, 0) is 42.2 Å². The van der Waals surface area contributed by atoms with Crippen LogP contribution >= 0.6 is 12.6 Å². The first-order chi connectivity index (χ1) is 6.81. The molecule has 1 aliphatic rings. The second kappa shape index (κ2) is 3.89. The molecule has 0 saturated heterocycles. The Bertz CT molecular complexity index is 393. The summed E-state index contributed by atoms with van der Waals surface area (Å²) in [6.45, 7) is 0. The van der Waals surface area contributed by atoms with Crippen LogP contribution in [0.3, 0.4) is 0 Å². The summed E-state index contributed by atoms with van der Waals surface area (Å²) in [6, 6.07) is 9.78. The lowest BCUT2D eigenvalue weighted by atomic mass is 9.92. The van der Waals surface area contributed by atoms with Crippen LogP contribution in [-0.2, 0) is 11.2 Å². The molecule has 1 aliphatic carbocycles. The van der Waals surface area contributed by atoms with E-state index >= 15 is 0 Å². The number of hydrogen-bond acceptors (Lipinski definition) is 2. The normalized spacial score (nSPS) is 13.9. The number of thiol groups is 1. The molecule has 14 heavy (non-hydrogen) atoms. The lowest BCUT2D eigenvalue weighted by molar-refractivity contribution is -0.113. The molecule has 0 N–H and O–H groups in total. The van der Waals surface area contributed by atoms with E-state index in [4.69, 9.17) is 0 Å². The fourth-order valence-electron chi connectivity index (χ4n) is 1.62. The minimum Gasteiger partial charge on any atom is -0.294 e. The third kappa shape index (κ3) is 1.69. The topological polar surface area (TPSA) is 17.1 Å². The largest absolute Gasteiger partial charge is 0.294 e. The molecule has 2 rings (SSSR count). The number of rotatable bonds is 2. The van der Waals surface area contributed by atoms with Crippen molar-refractivity contribution in [2.75, 3.05) is 5.75 Å². The van der Waals surface area contributed by atoms with Gasteiger partial charge >= 0.3 is 0 Å². The van der Waals surface area contributed by atoms with Crippen molar-refractivity contribution in [2.24, 2.45) is 0 Å². The van der Waals surface area contributed by atoms with Crippen LogP contribution in [0, 0.1) is 12.1 Å². The first-order valence-electron chi connectivity index (χ1n) is 4.57. The Morgan fingerprint density at radius 3 is 3.14 bits per heavy atom. The van der Waals surface area contributed by atoms with Crippen molar-refractivity contribution in [1.82, 2.24) is 0 Å². The molecule has 0 saturated carbocycles. The minimum absolute atomic E-state index is 0.131. The third-order valence-electron chi connectivity index (χ3n) is 2.39. The lowest BCUT2D eigenvalue weighted by Crippen LogP contribution is -2.09. The molecule has 1 aromatic carbocycles. The van der Waals surface area contributed by atoms with Gasteiger partial charge in [0.1, 0.15) is 0 Å².